The Morgan fingerprint density at radius 2 is 1.71 bits per heavy atom. The van der Waals surface area contributed by atoms with Crippen molar-refractivity contribution >= 4 is 5.91 Å². The van der Waals surface area contributed by atoms with Gasteiger partial charge in [-0.25, -0.2) is 0 Å². The van der Waals surface area contributed by atoms with E-state index in [1.165, 1.54) is 11.8 Å². The van der Waals surface area contributed by atoms with Crippen LogP contribution in [0.4, 0.5) is 0 Å². The molecule has 14 heavy (non-hydrogen) atoms. The molecule has 1 heterocycles. The summed E-state index contributed by atoms with van der Waals surface area (Å²) in [7, 11) is 5.13. The first-order valence-corrected chi connectivity index (χ1v) is 4.66. The Hall–Kier alpha value is -0.650. The second-order valence-corrected chi connectivity index (χ2v) is 3.77. The van der Waals surface area contributed by atoms with E-state index < -0.39 is 0 Å². The van der Waals surface area contributed by atoms with Gasteiger partial charge < -0.3 is 19.5 Å². The van der Waals surface area contributed by atoms with Crippen LogP contribution in [-0.4, -0.2) is 62.9 Å². The molecule has 0 aliphatic carbocycles. The zero-order chi connectivity index (χ0) is 11.2. The number of quaternary nitrogens is 1. The highest BCUT2D eigenvalue weighted by molar-refractivity contribution is 5.72. The zero-order valence-corrected chi connectivity index (χ0v) is 9.45. The van der Waals surface area contributed by atoms with Crippen molar-refractivity contribution in [3.8, 4) is 0 Å². The summed E-state index contributed by atoms with van der Waals surface area (Å²) in [6, 6.07) is 0. The summed E-state index contributed by atoms with van der Waals surface area (Å²) in [4.78, 5) is 11.6. The third kappa shape index (κ3) is 6.82. The normalized spacial score (nSPS) is 19.2. The molecule has 0 aromatic rings. The SMILES string of the molecule is CC(=O)N(C)C.C[N+]1([O-])CCOCC1. The van der Waals surface area contributed by atoms with Crippen molar-refractivity contribution < 1.29 is 14.2 Å². The first-order chi connectivity index (χ1) is 6.35. The van der Waals surface area contributed by atoms with E-state index in [0.717, 1.165) is 0 Å². The maximum atomic E-state index is 11.0. The molecule has 5 nitrogen and oxygen atoms in total. The number of hydrogen-bond acceptors (Lipinski definition) is 3. The van der Waals surface area contributed by atoms with Crippen molar-refractivity contribution in [2.45, 2.75) is 6.92 Å². The molecule has 1 amide bonds. The van der Waals surface area contributed by atoms with Crippen LogP contribution in [-0.2, 0) is 9.53 Å². The van der Waals surface area contributed by atoms with E-state index in [4.69, 9.17) is 4.74 Å². The number of nitrogens with zero attached hydrogens (tertiary/aromatic N) is 2. The third-order valence-electron chi connectivity index (χ3n) is 2.05. The quantitative estimate of drug-likeness (QED) is 0.414. The van der Waals surface area contributed by atoms with E-state index in [-0.39, 0.29) is 10.6 Å². The molecule has 1 rings (SSSR count). The minimum atomic E-state index is -0.125. The maximum absolute atomic E-state index is 11.0. The second kappa shape index (κ2) is 5.95. The van der Waals surface area contributed by atoms with Crippen LogP contribution < -0.4 is 0 Å². The molecule has 1 saturated heterocycles. The summed E-state index contributed by atoms with van der Waals surface area (Å²) in [5, 5.41) is 11.0. The first-order valence-electron chi connectivity index (χ1n) is 4.66. The van der Waals surface area contributed by atoms with Gasteiger partial charge >= 0.3 is 0 Å². The summed E-state index contributed by atoms with van der Waals surface area (Å²) >= 11 is 0. The largest absolute Gasteiger partial charge is 0.633 e. The van der Waals surface area contributed by atoms with Gasteiger partial charge in [0.15, 0.2) is 0 Å². The molecule has 0 saturated carbocycles. The minimum absolute atomic E-state index is 0.0926. The Morgan fingerprint density at radius 3 is 1.86 bits per heavy atom. The van der Waals surface area contributed by atoms with Crippen molar-refractivity contribution in [2.24, 2.45) is 0 Å². The number of morpholine rings is 1. The van der Waals surface area contributed by atoms with Crippen molar-refractivity contribution in [1.82, 2.24) is 4.90 Å². The van der Waals surface area contributed by atoms with Crippen molar-refractivity contribution in [3.05, 3.63) is 5.21 Å². The number of carbonyl (C=O) groups excluding carboxylic acids is 1. The predicted molar refractivity (Wildman–Crippen MR) is 54.5 cm³/mol. The fourth-order valence-corrected chi connectivity index (χ4v) is 0.729. The number of carbonyl (C=O) groups is 1. The zero-order valence-electron chi connectivity index (χ0n) is 9.45. The lowest BCUT2D eigenvalue weighted by atomic mass is 10.4. The van der Waals surface area contributed by atoms with Gasteiger partial charge in [-0.3, -0.25) is 4.79 Å². The Labute approximate surface area is 85.4 Å². The maximum Gasteiger partial charge on any atom is 0.218 e. The molecule has 0 aromatic carbocycles. The lowest BCUT2D eigenvalue weighted by molar-refractivity contribution is -0.869. The van der Waals surface area contributed by atoms with Gasteiger partial charge in [0, 0.05) is 21.0 Å². The standard InChI is InChI=1S/C5H11NO2.C4H9NO/c1-6(7)2-4-8-5-3-6;1-4(6)5(2)3/h2-5H2,1H3;1-3H3. The van der Waals surface area contributed by atoms with Crippen LogP contribution >= 0.6 is 0 Å². The van der Waals surface area contributed by atoms with Crippen LogP contribution in [0.15, 0.2) is 0 Å². The first kappa shape index (κ1) is 13.4. The number of hydrogen-bond donors (Lipinski definition) is 0. The monoisotopic (exact) mass is 204 g/mol. The molecular formula is C9H20N2O3. The summed E-state index contributed by atoms with van der Waals surface area (Å²) in [6.07, 6.45) is 0. The minimum Gasteiger partial charge on any atom is -0.633 e. The highest BCUT2D eigenvalue weighted by Gasteiger charge is 2.13. The molecule has 1 aliphatic rings. The molecule has 1 aliphatic heterocycles. The number of likely N-dealkylation sites (N-methyl/N-ethyl adjacent to an activating group) is 1. The molecular weight excluding hydrogens is 184 g/mol. The number of hydroxylamine groups is 3. The molecule has 5 heteroatoms. The number of amides is 1. The summed E-state index contributed by atoms with van der Waals surface area (Å²) < 4.78 is 4.86. The molecule has 0 aromatic heterocycles. The van der Waals surface area contributed by atoms with Gasteiger partial charge in [-0.05, 0) is 0 Å². The predicted octanol–water partition coefficient (Wildman–Crippen LogP) is 0.0555. The average Bonchev–Trinajstić information content (AvgIpc) is 2.04. The van der Waals surface area contributed by atoms with Crippen LogP contribution in [0.25, 0.3) is 0 Å². The molecule has 0 spiro atoms. The fraction of sp³-hybridized carbons (Fsp3) is 0.889. The third-order valence-corrected chi connectivity index (χ3v) is 2.05. The van der Waals surface area contributed by atoms with Gasteiger partial charge in [0.1, 0.15) is 13.1 Å². The van der Waals surface area contributed by atoms with E-state index in [0.29, 0.717) is 26.3 Å². The van der Waals surface area contributed by atoms with E-state index >= 15 is 0 Å². The van der Waals surface area contributed by atoms with Crippen molar-refractivity contribution in [2.75, 3.05) is 47.4 Å². The summed E-state index contributed by atoms with van der Waals surface area (Å²) in [5.74, 6) is 0.0926. The Bertz CT molecular complexity index is 173. The van der Waals surface area contributed by atoms with E-state index in [1.807, 2.05) is 0 Å². The van der Waals surface area contributed by atoms with Crippen molar-refractivity contribution in [1.29, 1.82) is 0 Å². The summed E-state index contributed by atoms with van der Waals surface area (Å²) in [6.45, 7) is 4.00. The van der Waals surface area contributed by atoms with Gasteiger partial charge in [0.2, 0.25) is 5.91 Å². The van der Waals surface area contributed by atoms with Gasteiger partial charge in [0.25, 0.3) is 0 Å². The highest BCUT2D eigenvalue weighted by atomic mass is 16.6. The van der Waals surface area contributed by atoms with Gasteiger partial charge in [-0.1, -0.05) is 0 Å². The Balaban J connectivity index is 0.000000255. The summed E-state index contributed by atoms with van der Waals surface area (Å²) in [5.41, 5.74) is 0. The topological polar surface area (TPSA) is 52.6 Å². The molecule has 0 unspecified atom stereocenters. The highest BCUT2D eigenvalue weighted by Crippen LogP contribution is 2.02. The lowest BCUT2D eigenvalue weighted by Crippen LogP contribution is -2.46. The van der Waals surface area contributed by atoms with E-state index in [1.54, 1.807) is 21.1 Å². The van der Waals surface area contributed by atoms with Crippen LogP contribution in [0.3, 0.4) is 0 Å². The molecule has 0 radical (unpaired) electrons. The Kier molecular flexibility index (Phi) is 5.68. The van der Waals surface area contributed by atoms with Crippen LogP contribution in [0.5, 0.6) is 0 Å². The van der Waals surface area contributed by atoms with Gasteiger partial charge in [0.05, 0.1) is 20.3 Å². The molecule has 0 bridgehead atoms. The average molecular weight is 204 g/mol. The fourth-order valence-electron chi connectivity index (χ4n) is 0.729. The molecule has 1 fully saturated rings. The van der Waals surface area contributed by atoms with Crippen LogP contribution in [0.2, 0.25) is 0 Å². The van der Waals surface area contributed by atoms with E-state index in [9.17, 15) is 10.0 Å². The smallest absolute Gasteiger partial charge is 0.218 e. The van der Waals surface area contributed by atoms with Gasteiger partial charge in [-0.2, -0.15) is 0 Å². The van der Waals surface area contributed by atoms with Crippen LogP contribution in [0, 0.1) is 5.21 Å². The van der Waals surface area contributed by atoms with Crippen LogP contribution in [0.1, 0.15) is 6.92 Å². The number of rotatable bonds is 0. The van der Waals surface area contributed by atoms with E-state index in [2.05, 4.69) is 0 Å². The lowest BCUT2D eigenvalue weighted by Gasteiger charge is -2.41. The van der Waals surface area contributed by atoms with Crippen molar-refractivity contribution in [3.63, 3.8) is 0 Å². The Morgan fingerprint density at radius 1 is 1.36 bits per heavy atom. The van der Waals surface area contributed by atoms with Gasteiger partial charge in [-0.15, -0.1) is 0 Å². The molecule has 84 valence electrons. The molecule has 0 N–H and O–H groups in total. The molecule has 0 atom stereocenters. The second-order valence-electron chi connectivity index (χ2n) is 3.77. The number of ether oxygens (including phenoxy) is 1.